The van der Waals surface area contributed by atoms with Gasteiger partial charge < -0.3 is 9.73 Å². The van der Waals surface area contributed by atoms with Gasteiger partial charge in [-0.2, -0.15) is 9.57 Å². The molecule has 10 heteroatoms. The first-order valence-corrected chi connectivity index (χ1v) is 13.8. The van der Waals surface area contributed by atoms with Gasteiger partial charge in [0, 0.05) is 36.6 Å². The van der Waals surface area contributed by atoms with Crippen LogP contribution in [0.2, 0.25) is 5.02 Å². The van der Waals surface area contributed by atoms with Crippen molar-refractivity contribution in [3.8, 4) is 6.07 Å². The first kappa shape index (κ1) is 27.8. The van der Waals surface area contributed by atoms with Crippen molar-refractivity contribution in [3.05, 3.63) is 124 Å². The highest BCUT2D eigenvalue weighted by atomic mass is 35.5. The number of nitrogens with one attached hydrogen (secondary N) is 1. The third-order valence-electron chi connectivity index (χ3n) is 5.77. The zero-order chi connectivity index (χ0) is 27.8. The second kappa shape index (κ2) is 12.5. The molecule has 2 aromatic heterocycles. The Bertz CT molecular complexity index is 1610. The van der Waals surface area contributed by atoms with Crippen molar-refractivity contribution in [2.75, 3.05) is 0 Å². The van der Waals surface area contributed by atoms with Crippen LogP contribution in [0, 0.1) is 18.3 Å². The third kappa shape index (κ3) is 7.42. The zero-order valence-corrected chi connectivity index (χ0v) is 22.6. The van der Waals surface area contributed by atoms with Gasteiger partial charge in [0.25, 0.3) is 5.91 Å². The van der Waals surface area contributed by atoms with E-state index in [2.05, 4.69) is 10.3 Å². The smallest absolute Gasteiger partial charge is 0.262 e. The summed E-state index contributed by atoms with van der Waals surface area (Å²) < 4.78 is 34.2. The maximum Gasteiger partial charge on any atom is 0.262 e. The molecule has 0 aliphatic rings. The second-order valence-electron chi connectivity index (χ2n) is 8.73. The molecule has 0 spiro atoms. The minimum absolute atomic E-state index is 0.0677. The highest BCUT2D eigenvalue weighted by molar-refractivity contribution is 7.89. The Balaban J connectivity index is 1.54. The van der Waals surface area contributed by atoms with Crippen molar-refractivity contribution in [1.82, 2.24) is 14.6 Å². The fraction of sp³-hybridized carbons (Fsp3) is 0.138. The summed E-state index contributed by atoms with van der Waals surface area (Å²) in [6.07, 6.45) is 4.57. The molecule has 2 heterocycles. The van der Waals surface area contributed by atoms with Gasteiger partial charge in [0.2, 0.25) is 10.0 Å². The molecule has 0 fully saturated rings. The maximum absolute atomic E-state index is 13.6. The Labute approximate surface area is 232 Å². The number of halogens is 1. The molecule has 1 N–H and O–H groups in total. The molecule has 0 saturated heterocycles. The van der Waals surface area contributed by atoms with Gasteiger partial charge in [-0.3, -0.25) is 9.78 Å². The molecule has 4 rings (SSSR count). The molecule has 0 atom stereocenters. The monoisotopic (exact) mass is 560 g/mol. The van der Waals surface area contributed by atoms with Crippen LogP contribution in [0.25, 0.3) is 6.08 Å². The summed E-state index contributed by atoms with van der Waals surface area (Å²) in [6.45, 7) is 2.21. The molecule has 1 amide bonds. The second-order valence-corrected chi connectivity index (χ2v) is 11.1. The highest BCUT2D eigenvalue weighted by Gasteiger charge is 2.26. The SMILES string of the molecule is Cc1ccc(CN(Cc2ccc(/C=C(/C#N)C(=O)NCc3cccnc3)o2)S(=O)(=O)c2ccc(Cl)cc2)cc1. The van der Waals surface area contributed by atoms with E-state index >= 15 is 0 Å². The van der Waals surface area contributed by atoms with Crippen molar-refractivity contribution < 1.29 is 17.6 Å². The van der Waals surface area contributed by atoms with E-state index in [4.69, 9.17) is 16.0 Å². The lowest BCUT2D eigenvalue weighted by Crippen LogP contribution is -2.30. The van der Waals surface area contributed by atoms with E-state index in [1.54, 1.807) is 30.6 Å². The number of furan rings is 1. The maximum atomic E-state index is 13.6. The van der Waals surface area contributed by atoms with E-state index in [-0.39, 0.29) is 35.9 Å². The molecule has 0 radical (unpaired) electrons. The number of aromatic nitrogens is 1. The van der Waals surface area contributed by atoms with Crippen molar-refractivity contribution >= 4 is 33.6 Å². The van der Waals surface area contributed by atoms with Gasteiger partial charge in [-0.25, -0.2) is 8.42 Å². The average Bonchev–Trinajstić information content (AvgIpc) is 3.39. The summed E-state index contributed by atoms with van der Waals surface area (Å²) in [4.78, 5) is 16.6. The van der Waals surface area contributed by atoms with Crippen LogP contribution >= 0.6 is 11.6 Å². The van der Waals surface area contributed by atoms with Crippen LogP contribution in [0.1, 0.15) is 28.2 Å². The van der Waals surface area contributed by atoms with Crippen LogP contribution in [-0.2, 0) is 34.5 Å². The van der Waals surface area contributed by atoms with E-state index in [1.165, 1.54) is 34.6 Å². The predicted molar refractivity (Wildman–Crippen MR) is 147 cm³/mol. The lowest BCUT2D eigenvalue weighted by Gasteiger charge is -2.21. The van der Waals surface area contributed by atoms with Gasteiger partial charge >= 0.3 is 0 Å². The molecule has 0 aliphatic carbocycles. The summed E-state index contributed by atoms with van der Waals surface area (Å²) in [5.41, 5.74) is 2.51. The largest absolute Gasteiger partial charge is 0.460 e. The van der Waals surface area contributed by atoms with Crippen LogP contribution in [0.5, 0.6) is 0 Å². The number of sulfonamides is 1. The lowest BCUT2D eigenvalue weighted by molar-refractivity contribution is -0.117. The van der Waals surface area contributed by atoms with E-state index < -0.39 is 15.9 Å². The van der Waals surface area contributed by atoms with Crippen LogP contribution < -0.4 is 5.32 Å². The Hall–Kier alpha value is -4.23. The van der Waals surface area contributed by atoms with Gasteiger partial charge in [-0.15, -0.1) is 0 Å². The van der Waals surface area contributed by atoms with Crippen LogP contribution in [0.15, 0.2) is 100 Å². The fourth-order valence-corrected chi connectivity index (χ4v) is 5.20. The molecule has 0 bridgehead atoms. The number of pyridine rings is 1. The number of hydrogen-bond acceptors (Lipinski definition) is 6. The summed E-state index contributed by atoms with van der Waals surface area (Å²) in [5.74, 6) is 0.0295. The first-order chi connectivity index (χ1) is 18.7. The molecule has 4 aromatic rings. The third-order valence-corrected chi connectivity index (χ3v) is 7.83. The van der Waals surface area contributed by atoms with Gasteiger partial charge in [0.05, 0.1) is 11.4 Å². The lowest BCUT2D eigenvalue weighted by atomic mass is 10.1. The number of benzene rings is 2. The normalized spacial score (nSPS) is 11.8. The molecule has 39 heavy (non-hydrogen) atoms. The van der Waals surface area contributed by atoms with E-state index in [0.29, 0.717) is 10.8 Å². The van der Waals surface area contributed by atoms with E-state index in [1.807, 2.05) is 43.3 Å². The number of nitrogens with zero attached hydrogens (tertiary/aromatic N) is 3. The quantitative estimate of drug-likeness (QED) is 0.209. The molecular weight excluding hydrogens is 536 g/mol. The highest BCUT2D eigenvalue weighted by Crippen LogP contribution is 2.24. The van der Waals surface area contributed by atoms with Crippen molar-refractivity contribution in [1.29, 1.82) is 5.26 Å². The molecule has 0 saturated carbocycles. The topological polar surface area (TPSA) is 116 Å². The van der Waals surface area contributed by atoms with Crippen LogP contribution in [-0.4, -0.2) is 23.6 Å². The molecule has 198 valence electrons. The Morgan fingerprint density at radius 2 is 1.79 bits per heavy atom. The number of nitriles is 1. The standard InChI is InChI=1S/C29H25ClN4O4S/c1-21-4-6-22(7-5-21)19-34(39(36,37)28-12-8-25(30)9-13-28)20-27-11-10-26(38-27)15-24(16-31)29(35)33-18-23-3-2-14-32-17-23/h2-15,17H,18-20H2,1H3,(H,33,35)/b24-15-. The van der Waals surface area contributed by atoms with Gasteiger partial charge in [0.15, 0.2) is 0 Å². The van der Waals surface area contributed by atoms with Gasteiger partial charge in [-0.05, 0) is 60.5 Å². The van der Waals surface area contributed by atoms with Crippen LogP contribution in [0.4, 0.5) is 0 Å². The molecule has 2 aromatic carbocycles. The van der Waals surface area contributed by atoms with Crippen molar-refractivity contribution in [2.24, 2.45) is 0 Å². The molecule has 0 aliphatic heterocycles. The zero-order valence-electron chi connectivity index (χ0n) is 21.0. The Morgan fingerprint density at radius 3 is 2.46 bits per heavy atom. The van der Waals surface area contributed by atoms with Crippen molar-refractivity contribution in [2.45, 2.75) is 31.5 Å². The predicted octanol–water partition coefficient (Wildman–Crippen LogP) is 5.25. The summed E-state index contributed by atoms with van der Waals surface area (Å²) >= 11 is 5.96. The number of hydrogen-bond donors (Lipinski definition) is 1. The van der Waals surface area contributed by atoms with Crippen LogP contribution in [0.3, 0.4) is 0 Å². The number of amides is 1. The number of rotatable bonds is 10. The summed E-state index contributed by atoms with van der Waals surface area (Å²) in [7, 11) is -3.91. The number of carbonyl (C=O) groups is 1. The number of aryl methyl sites for hydroxylation is 1. The average molecular weight is 561 g/mol. The minimum atomic E-state index is -3.91. The van der Waals surface area contributed by atoms with Gasteiger partial charge in [0.1, 0.15) is 23.2 Å². The molecule has 0 unspecified atom stereocenters. The van der Waals surface area contributed by atoms with Gasteiger partial charge in [-0.1, -0.05) is 47.5 Å². The first-order valence-electron chi connectivity index (χ1n) is 11.9. The van der Waals surface area contributed by atoms with Crippen molar-refractivity contribution in [3.63, 3.8) is 0 Å². The van der Waals surface area contributed by atoms with E-state index in [9.17, 15) is 18.5 Å². The Morgan fingerprint density at radius 1 is 1.05 bits per heavy atom. The molecule has 8 nitrogen and oxygen atoms in total. The summed E-state index contributed by atoms with van der Waals surface area (Å²) in [5, 5.41) is 12.6. The minimum Gasteiger partial charge on any atom is -0.460 e. The van der Waals surface area contributed by atoms with E-state index in [0.717, 1.165) is 16.7 Å². The fourth-order valence-electron chi connectivity index (χ4n) is 3.68. The number of carbonyl (C=O) groups excluding carboxylic acids is 1. The summed E-state index contributed by atoms with van der Waals surface area (Å²) in [6, 6.07) is 22.2. The Kier molecular flexibility index (Phi) is 8.94. The molecular formula is C29H25ClN4O4S.